The summed E-state index contributed by atoms with van der Waals surface area (Å²) >= 11 is 0. The molecule has 2 aromatic rings. The van der Waals surface area contributed by atoms with Crippen LogP contribution in [-0.2, 0) is 0 Å². The van der Waals surface area contributed by atoms with Crippen LogP contribution in [0, 0.1) is 19.8 Å². The predicted molar refractivity (Wildman–Crippen MR) is 79.9 cm³/mol. The lowest BCUT2D eigenvalue weighted by Crippen LogP contribution is -2.19. The lowest BCUT2D eigenvalue weighted by molar-refractivity contribution is 0.441. The van der Waals surface area contributed by atoms with Gasteiger partial charge < -0.3 is 10.7 Å². The van der Waals surface area contributed by atoms with Gasteiger partial charge in [0.05, 0.1) is 17.9 Å². The molecular weight excluding hydrogens is 234 g/mol. The number of aromatic nitrogens is 2. The molecule has 0 spiro atoms. The second-order valence-electron chi connectivity index (χ2n) is 5.41. The van der Waals surface area contributed by atoms with Crippen molar-refractivity contribution in [2.24, 2.45) is 11.7 Å². The van der Waals surface area contributed by atoms with Gasteiger partial charge in [-0.05, 0) is 25.3 Å². The number of hydrogen-bond donors (Lipinski definition) is 2. The Labute approximate surface area is 115 Å². The van der Waals surface area contributed by atoms with E-state index < -0.39 is 0 Å². The molecule has 1 aromatic heterocycles. The SMILES string of the molecule is CCC(C)C(N)c1ncc(-c2ccc(C)cc2C)[nH]1. The fourth-order valence-corrected chi connectivity index (χ4v) is 2.28. The minimum atomic E-state index is -0.0236. The molecule has 2 atom stereocenters. The second-order valence-corrected chi connectivity index (χ2v) is 5.41. The van der Waals surface area contributed by atoms with Crippen LogP contribution in [0.2, 0.25) is 0 Å². The molecule has 2 rings (SSSR count). The van der Waals surface area contributed by atoms with E-state index in [1.54, 1.807) is 0 Å². The molecule has 0 fully saturated rings. The van der Waals surface area contributed by atoms with Gasteiger partial charge in [0, 0.05) is 5.56 Å². The van der Waals surface area contributed by atoms with Gasteiger partial charge >= 0.3 is 0 Å². The third-order valence-corrected chi connectivity index (χ3v) is 3.84. The van der Waals surface area contributed by atoms with Crippen molar-refractivity contribution < 1.29 is 0 Å². The normalized spacial score (nSPS) is 14.4. The molecule has 19 heavy (non-hydrogen) atoms. The van der Waals surface area contributed by atoms with Crippen LogP contribution >= 0.6 is 0 Å². The third-order valence-electron chi connectivity index (χ3n) is 3.84. The van der Waals surface area contributed by atoms with Crippen LogP contribution in [-0.4, -0.2) is 9.97 Å². The molecule has 0 aliphatic heterocycles. The lowest BCUT2D eigenvalue weighted by Gasteiger charge is -2.15. The van der Waals surface area contributed by atoms with E-state index >= 15 is 0 Å². The van der Waals surface area contributed by atoms with Crippen LogP contribution in [0.1, 0.15) is 43.3 Å². The molecule has 3 N–H and O–H groups in total. The van der Waals surface area contributed by atoms with Crippen LogP contribution in [0.3, 0.4) is 0 Å². The van der Waals surface area contributed by atoms with E-state index in [1.807, 2.05) is 6.20 Å². The molecule has 1 heterocycles. The molecule has 0 aliphatic carbocycles. The van der Waals surface area contributed by atoms with Gasteiger partial charge in [0.15, 0.2) is 0 Å². The van der Waals surface area contributed by atoms with Crippen molar-refractivity contribution in [3.8, 4) is 11.3 Å². The molecule has 0 radical (unpaired) electrons. The number of nitrogens with zero attached hydrogens (tertiary/aromatic N) is 1. The first-order chi connectivity index (χ1) is 9.02. The Hall–Kier alpha value is -1.61. The Morgan fingerprint density at radius 1 is 1.32 bits per heavy atom. The highest BCUT2D eigenvalue weighted by Crippen LogP contribution is 2.25. The fourth-order valence-electron chi connectivity index (χ4n) is 2.28. The monoisotopic (exact) mass is 257 g/mol. The van der Waals surface area contributed by atoms with E-state index in [9.17, 15) is 0 Å². The first-order valence-electron chi connectivity index (χ1n) is 6.91. The summed E-state index contributed by atoms with van der Waals surface area (Å²) in [6.45, 7) is 8.54. The van der Waals surface area contributed by atoms with Crippen LogP contribution in [0.4, 0.5) is 0 Å². The molecule has 2 unspecified atom stereocenters. The van der Waals surface area contributed by atoms with Crippen molar-refractivity contribution >= 4 is 0 Å². The van der Waals surface area contributed by atoms with E-state index in [0.29, 0.717) is 5.92 Å². The summed E-state index contributed by atoms with van der Waals surface area (Å²) in [5.41, 5.74) is 11.0. The molecule has 3 nitrogen and oxygen atoms in total. The summed E-state index contributed by atoms with van der Waals surface area (Å²) < 4.78 is 0. The number of imidazole rings is 1. The van der Waals surface area contributed by atoms with Crippen molar-refractivity contribution in [3.63, 3.8) is 0 Å². The maximum Gasteiger partial charge on any atom is 0.123 e. The minimum absolute atomic E-state index is 0.0236. The quantitative estimate of drug-likeness (QED) is 0.876. The van der Waals surface area contributed by atoms with Crippen LogP contribution in [0.15, 0.2) is 24.4 Å². The van der Waals surface area contributed by atoms with Gasteiger partial charge in [0.2, 0.25) is 0 Å². The minimum Gasteiger partial charge on any atom is -0.341 e. The van der Waals surface area contributed by atoms with Crippen molar-refractivity contribution in [2.75, 3.05) is 0 Å². The number of H-pyrrole nitrogens is 1. The number of aromatic amines is 1. The molecule has 102 valence electrons. The summed E-state index contributed by atoms with van der Waals surface area (Å²) in [4.78, 5) is 7.81. The maximum atomic E-state index is 6.21. The van der Waals surface area contributed by atoms with Crippen molar-refractivity contribution in [1.82, 2.24) is 9.97 Å². The highest BCUT2D eigenvalue weighted by atomic mass is 15.0. The van der Waals surface area contributed by atoms with Crippen LogP contribution in [0.5, 0.6) is 0 Å². The Morgan fingerprint density at radius 3 is 2.68 bits per heavy atom. The summed E-state index contributed by atoms with van der Waals surface area (Å²) in [7, 11) is 0. The number of nitrogens with two attached hydrogens (primary N) is 1. The van der Waals surface area contributed by atoms with E-state index in [-0.39, 0.29) is 6.04 Å². The number of hydrogen-bond acceptors (Lipinski definition) is 2. The van der Waals surface area contributed by atoms with E-state index in [2.05, 4.69) is 55.9 Å². The zero-order valence-corrected chi connectivity index (χ0v) is 12.2. The van der Waals surface area contributed by atoms with E-state index in [0.717, 1.165) is 17.9 Å². The van der Waals surface area contributed by atoms with Crippen molar-refractivity contribution in [1.29, 1.82) is 0 Å². The van der Waals surface area contributed by atoms with Gasteiger partial charge in [-0.2, -0.15) is 0 Å². The highest BCUT2D eigenvalue weighted by molar-refractivity contribution is 5.63. The molecule has 0 amide bonds. The van der Waals surface area contributed by atoms with E-state index in [1.165, 1.54) is 16.7 Å². The number of aryl methyl sites for hydroxylation is 2. The van der Waals surface area contributed by atoms with Crippen molar-refractivity contribution in [2.45, 2.75) is 40.2 Å². The molecule has 3 heteroatoms. The number of nitrogens with one attached hydrogen (secondary N) is 1. The average molecular weight is 257 g/mol. The van der Waals surface area contributed by atoms with Gasteiger partial charge in [0.25, 0.3) is 0 Å². The summed E-state index contributed by atoms with van der Waals surface area (Å²) in [6, 6.07) is 6.42. The average Bonchev–Trinajstić information content (AvgIpc) is 2.86. The van der Waals surface area contributed by atoms with Gasteiger partial charge in [-0.15, -0.1) is 0 Å². The zero-order valence-electron chi connectivity index (χ0n) is 12.2. The van der Waals surface area contributed by atoms with Crippen LogP contribution in [0.25, 0.3) is 11.3 Å². The van der Waals surface area contributed by atoms with Crippen LogP contribution < -0.4 is 5.73 Å². The van der Waals surface area contributed by atoms with Gasteiger partial charge in [0.1, 0.15) is 5.82 Å². The predicted octanol–water partition coefficient (Wildman–Crippen LogP) is 3.74. The Kier molecular flexibility index (Phi) is 4.05. The topological polar surface area (TPSA) is 54.7 Å². The van der Waals surface area contributed by atoms with Crippen molar-refractivity contribution in [3.05, 3.63) is 41.3 Å². The highest BCUT2D eigenvalue weighted by Gasteiger charge is 2.17. The van der Waals surface area contributed by atoms with Gasteiger partial charge in [-0.3, -0.25) is 0 Å². The van der Waals surface area contributed by atoms with Gasteiger partial charge in [-0.1, -0.05) is 44.0 Å². The largest absolute Gasteiger partial charge is 0.341 e. The lowest BCUT2D eigenvalue weighted by atomic mass is 10.00. The zero-order chi connectivity index (χ0) is 14.0. The first kappa shape index (κ1) is 13.8. The molecular formula is C16H23N3. The molecule has 0 saturated heterocycles. The summed E-state index contributed by atoms with van der Waals surface area (Å²) in [6.07, 6.45) is 2.94. The Balaban J connectivity index is 2.30. The number of benzene rings is 1. The standard InChI is InChI=1S/C16H23N3/c1-5-11(3)15(17)16-18-9-14(19-16)13-7-6-10(2)8-12(13)4/h6-9,11,15H,5,17H2,1-4H3,(H,18,19). The van der Waals surface area contributed by atoms with Gasteiger partial charge in [-0.25, -0.2) is 4.98 Å². The van der Waals surface area contributed by atoms with E-state index in [4.69, 9.17) is 5.73 Å². The molecule has 1 aromatic carbocycles. The molecule has 0 saturated carbocycles. The summed E-state index contributed by atoms with van der Waals surface area (Å²) in [5.74, 6) is 1.31. The smallest absolute Gasteiger partial charge is 0.123 e. The fraction of sp³-hybridized carbons (Fsp3) is 0.438. The third kappa shape index (κ3) is 2.87. The number of rotatable bonds is 4. The maximum absolute atomic E-state index is 6.21. The Bertz CT molecular complexity index is 557. The summed E-state index contributed by atoms with van der Waals surface area (Å²) in [5, 5.41) is 0. The molecule has 0 bridgehead atoms. The second kappa shape index (κ2) is 5.57. The molecule has 0 aliphatic rings. The Morgan fingerprint density at radius 2 is 2.05 bits per heavy atom. The first-order valence-corrected chi connectivity index (χ1v) is 6.91.